The number of hydrogen-bond donors (Lipinski definition) is 1. The molecular formula is C16H25NO. The highest BCUT2D eigenvalue weighted by Gasteiger charge is 2.67. The predicted octanol–water partition coefficient (Wildman–Crippen LogP) is 2.97. The Morgan fingerprint density at radius 3 is 2.17 bits per heavy atom. The van der Waals surface area contributed by atoms with Crippen molar-refractivity contribution in [2.75, 3.05) is 0 Å². The molecule has 2 nitrogen and oxygen atoms in total. The molecule has 0 spiro atoms. The van der Waals surface area contributed by atoms with Crippen molar-refractivity contribution in [1.29, 1.82) is 0 Å². The molecule has 4 atom stereocenters. The fraction of sp³-hybridized carbons (Fsp3) is 0.938. The standard InChI is InChI=1S/C16H25NO/c1-9-2-6-12(7-3-9)17-16(18)15-13-10-4-5-11(8-10)14(13)15/h9-15H,2-8H2,1H3,(H,17,18). The van der Waals surface area contributed by atoms with Gasteiger partial charge in [-0.1, -0.05) is 6.92 Å². The lowest BCUT2D eigenvalue weighted by molar-refractivity contribution is -0.124. The summed E-state index contributed by atoms with van der Waals surface area (Å²) in [5.41, 5.74) is 0. The lowest BCUT2D eigenvalue weighted by Gasteiger charge is -2.27. The first-order valence-electron chi connectivity index (χ1n) is 8.04. The smallest absolute Gasteiger partial charge is 0.223 e. The third kappa shape index (κ3) is 1.64. The largest absolute Gasteiger partial charge is 0.353 e. The van der Waals surface area contributed by atoms with Crippen molar-refractivity contribution in [3.8, 4) is 0 Å². The van der Waals surface area contributed by atoms with E-state index in [4.69, 9.17) is 0 Å². The van der Waals surface area contributed by atoms with E-state index in [0.29, 0.717) is 17.9 Å². The van der Waals surface area contributed by atoms with E-state index in [2.05, 4.69) is 12.2 Å². The quantitative estimate of drug-likeness (QED) is 0.798. The number of amides is 1. The van der Waals surface area contributed by atoms with E-state index in [1.54, 1.807) is 0 Å². The molecule has 0 aromatic heterocycles. The van der Waals surface area contributed by atoms with E-state index in [1.165, 1.54) is 44.9 Å². The number of fused-ring (bicyclic) bond motifs is 5. The summed E-state index contributed by atoms with van der Waals surface area (Å²) in [6, 6.07) is 0.493. The lowest BCUT2D eigenvalue weighted by atomic mass is 9.87. The van der Waals surface area contributed by atoms with Crippen molar-refractivity contribution in [2.24, 2.45) is 35.5 Å². The molecule has 0 saturated heterocycles. The van der Waals surface area contributed by atoms with Gasteiger partial charge in [0.15, 0.2) is 0 Å². The zero-order chi connectivity index (χ0) is 12.3. The van der Waals surface area contributed by atoms with Crippen LogP contribution in [0.4, 0.5) is 0 Å². The zero-order valence-corrected chi connectivity index (χ0v) is 11.4. The van der Waals surface area contributed by atoms with E-state index in [-0.39, 0.29) is 0 Å². The number of carbonyl (C=O) groups is 1. The van der Waals surface area contributed by atoms with E-state index >= 15 is 0 Å². The van der Waals surface area contributed by atoms with Gasteiger partial charge in [0.2, 0.25) is 5.91 Å². The van der Waals surface area contributed by atoms with Crippen LogP contribution < -0.4 is 5.32 Å². The number of rotatable bonds is 2. The third-order valence-electron chi connectivity index (χ3n) is 6.40. The van der Waals surface area contributed by atoms with Gasteiger partial charge in [-0.3, -0.25) is 4.79 Å². The van der Waals surface area contributed by atoms with Crippen LogP contribution in [0.3, 0.4) is 0 Å². The summed E-state index contributed by atoms with van der Waals surface area (Å²) >= 11 is 0. The van der Waals surface area contributed by atoms with Crippen LogP contribution in [-0.4, -0.2) is 11.9 Å². The van der Waals surface area contributed by atoms with Crippen LogP contribution in [0.2, 0.25) is 0 Å². The third-order valence-corrected chi connectivity index (χ3v) is 6.40. The fourth-order valence-electron chi connectivity index (χ4n) is 5.38. The van der Waals surface area contributed by atoms with Crippen LogP contribution >= 0.6 is 0 Å². The van der Waals surface area contributed by atoms with Crippen molar-refractivity contribution in [3.05, 3.63) is 0 Å². The molecule has 0 heterocycles. The first kappa shape index (κ1) is 11.3. The summed E-state index contributed by atoms with van der Waals surface area (Å²) in [6.45, 7) is 2.33. The van der Waals surface area contributed by atoms with Crippen LogP contribution in [-0.2, 0) is 4.79 Å². The average molecular weight is 247 g/mol. The molecule has 4 saturated carbocycles. The van der Waals surface area contributed by atoms with Crippen LogP contribution in [0.15, 0.2) is 0 Å². The second-order valence-corrected chi connectivity index (χ2v) is 7.48. The molecular weight excluding hydrogens is 222 g/mol. The first-order chi connectivity index (χ1) is 8.74. The monoisotopic (exact) mass is 247 g/mol. The number of carbonyl (C=O) groups excluding carboxylic acids is 1. The van der Waals surface area contributed by atoms with Crippen LogP contribution in [0.1, 0.15) is 51.9 Å². The van der Waals surface area contributed by atoms with Gasteiger partial charge >= 0.3 is 0 Å². The molecule has 0 aromatic rings. The van der Waals surface area contributed by atoms with Crippen LogP contribution in [0.5, 0.6) is 0 Å². The second-order valence-electron chi connectivity index (χ2n) is 7.48. The summed E-state index contributed by atoms with van der Waals surface area (Å²) in [6.07, 6.45) is 9.29. The predicted molar refractivity (Wildman–Crippen MR) is 70.9 cm³/mol. The minimum Gasteiger partial charge on any atom is -0.353 e. The van der Waals surface area contributed by atoms with Gasteiger partial charge in [-0.05, 0) is 74.5 Å². The molecule has 4 aliphatic carbocycles. The topological polar surface area (TPSA) is 29.1 Å². The molecule has 2 bridgehead atoms. The first-order valence-corrected chi connectivity index (χ1v) is 8.04. The summed E-state index contributed by atoms with van der Waals surface area (Å²) < 4.78 is 0. The van der Waals surface area contributed by atoms with Crippen molar-refractivity contribution in [2.45, 2.75) is 57.9 Å². The number of hydrogen-bond acceptors (Lipinski definition) is 1. The Hall–Kier alpha value is -0.530. The minimum atomic E-state index is 0.418. The summed E-state index contributed by atoms with van der Waals surface area (Å²) in [5, 5.41) is 3.36. The SMILES string of the molecule is CC1CCC(NC(=O)C2C3C4CCC(C4)C23)CC1. The maximum atomic E-state index is 12.4. The summed E-state index contributed by atoms with van der Waals surface area (Å²) in [7, 11) is 0. The van der Waals surface area contributed by atoms with Crippen molar-refractivity contribution in [3.63, 3.8) is 0 Å². The molecule has 4 fully saturated rings. The van der Waals surface area contributed by atoms with Crippen LogP contribution in [0.25, 0.3) is 0 Å². The van der Waals surface area contributed by atoms with Gasteiger partial charge < -0.3 is 5.32 Å². The van der Waals surface area contributed by atoms with Gasteiger partial charge in [-0.2, -0.15) is 0 Å². The Morgan fingerprint density at radius 1 is 0.944 bits per heavy atom. The Morgan fingerprint density at radius 2 is 1.56 bits per heavy atom. The molecule has 100 valence electrons. The highest BCUT2D eigenvalue weighted by atomic mass is 16.2. The van der Waals surface area contributed by atoms with Crippen LogP contribution in [0, 0.1) is 35.5 Å². The molecule has 2 heteroatoms. The highest BCUT2D eigenvalue weighted by molar-refractivity contribution is 5.83. The van der Waals surface area contributed by atoms with E-state index in [0.717, 1.165) is 29.6 Å². The minimum absolute atomic E-state index is 0.418. The second kappa shape index (κ2) is 3.98. The molecule has 0 aromatic carbocycles. The van der Waals surface area contributed by atoms with Gasteiger partial charge in [0.05, 0.1) is 0 Å². The Bertz CT molecular complexity index is 342. The molecule has 4 rings (SSSR count). The van der Waals surface area contributed by atoms with E-state index in [1.807, 2.05) is 0 Å². The van der Waals surface area contributed by atoms with E-state index < -0.39 is 0 Å². The Kier molecular flexibility index (Phi) is 2.50. The molecule has 4 unspecified atom stereocenters. The van der Waals surface area contributed by atoms with Crippen molar-refractivity contribution >= 4 is 5.91 Å². The Balaban J connectivity index is 1.33. The maximum absolute atomic E-state index is 12.4. The Labute approximate surface area is 110 Å². The summed E-state index contributed by atoms with van der Waals surface area (Å²) in [5.74, 6) is 5.15. The van der Waals surface area contributed by atoms with Gasteiger partial charge in [0.1, 0.15) is 0 Å². The van der Waals surface area contributed by atoms with Gasteiger partial charge in [0.25, 0.3) is 0 Å². The van der Waals surface area contributed by atoms with Gasteiger partial charge in [-0.25, -0.2) is 0 Å². The number of nitrogens with one attached hydrogen (secondary N) is 1. The molecule has 18 heavy (non-hydrogen) atoms. The van der Waals surface area contributed by atoms with Gasteiger partial charge in [0, 0.05) is 12.0 Å². The van der Waals surface area contributed by atoms with Crippen molar-refractivity contribution in [1.82, 2.24) is 5.32 Å². The molecule has 1 amide bonds. The highest BCUT2D eigenvalue weighted by Crippen LogP contribution is 2.69. The average Bonchev–Trinajstić information content (AvgIpc) is 2.82. The molecule has 4 aliphatic rings. The molecule has 1 N–H and O–H groups in total. The zero-order valence-electron chi connectivity index (χ0n) is 11.4. The van der Waals surface area contributed by atoms with Crippen molar-refractivity contribution < 1.29 is 4.79 Å². The normalized spacial score (nSPS) is 53.1. The van der Waals surface area contributed by atoms with Gasteiger partial charge in [-0.15, -0.1) is 0 Å². The van der Waals surface area contributed by atoms with E-state index in [9.17, 15) is 4.79 Å². The lowest BCUT2D eigenvalue weighted by Crippen LogP contribution is -2.39. The fourth-order valence-corrected chi connectivity index (χ4v) is 5.38. The maximum Gasteiger partial charge on any atom is 0.223 e. The molecule has 0 radical (unpaired) electrons. The summed E-state index contributed by atoms with van der Waals surface area (Å²) in [4.78, 5) is 12.4. The molecule has 0 aliphatic heterocycles.